The molecule has 16 heavy (non-hydrogen) atoms. The molecule has 1 rings (SSSR count). The van der Waals surface area contributed by atoms with Gasteiger partial charge in [0.25, 0.3) is 6.43 Å². The molecule has 0 aromatic carbocycles. The normalized spacial score (nSPS) is 20.1. The topological polar surface area (TPSA) is 61.8 Å². The summed E-state index contributed by atoms with van der Waals surface area (Å²) in [5, 5.41) is 11.3. The molecule has 1 fully saturated rings. The Kier molecular flexibility index (Phi) is 5.41. The zero-order chi connectivity index (χ0) is 12.0. The van der Waals surface area contributed by atoms with E-state index in [1.165, 1.54) is 0 Å². The summed E-state index contributed by atoms with van der Waals surface area (Å²) in [6, 6.07) is -0.698. The largest absolute Gasteiger partial charge is 0.395 e. The summed E-state index contributed by atoms with van der Waals surface area (Å²) in [4.78, 5) is 12.4. The maximum atomic E-state index is 12.2. The first-order valence-corrected chi connectivity index (χ1v) is 5.15. The molecule has 1 aliphatic heterocycles. The van der Waals surface area contributed by atoms with Gasteiger partial charge < -0.3 is 20.1 Å². The standard InChI is InChI=1S/C9H16F2N2O3/c10-8(11)5-13(2-3-14)9(15)12-7-1-4-16-6-7/h7-8,14H,1-6H2,(H,12,15). The molecule has 94 valence electrons. The van der Waals surface area contributed by atoms with Crippen LogP contribution in [0.4, 0.5) is 13.6 Å². The molecule has 0 bridgehead atoms. The average Bonchev–Trinajstić information content (AvgIpc) is 2.69. The fraction of sp³-hybridized carbons (Fsp3) is 0.889. The third-order valence-corrected chi connectivity index (χ3v) is 2.27. The predicted octanol–water partition coefficient (Wildman–Crippen LogP) is 0.0443. The number of hydrogen-bond acceptors (Lipinski definition) is 3. The Labute approximate surface area is 92.4 Å². The molecule has 7 heteroatoms. The fourth-order valence-corrected chi connectivity index (χ4v) is 1.48. The summed E-state index contributed by atoms with van der Waals surface area (Å²) in [7, 11) is 0. The van der Waals surface area contributed by atoms with Gasteiger partial charge in [0.15, 0.2) is 0 Å². The Balaban J connectivity index is 2.39. The number of aliphatic hydroxyl groups is 1. The number of nitrogens with zero attached hydrogens (tertiary/aromatic N) is 1. The van der Waals surface area contributed by atoms with Gasteiger partial charge in [0.05, 0.1) is 25.8 Å². The van der Waals surface area contributed by atoms with E-state index in [9.17, 15) is 13.6 Å². The van der Waals surface area contributed by atoms with Crippen LogP contribution < -0.4 is 5.32 Å². The maximum absolute atomic E-state index is 12.2. The summed E-state index contributed by atoms with van der Waals surface area (Å²) in [5.41, 5.74) is 0. The van der Waals surface area contributed by atoms with Gasteiger partial charge in [-0.3, -0.25) is 0 Å². The van der Waals surface area contributed by atoms with Crippen LogP contribution in [0.2, 0.25) is 0 Å². The van der Waals surface area contributed by atoms with E-state index in [1.54, 1.807) is 0 Å². The molecule has 0 saturated carbocycles. The Hall–Kier alpha value is -0.950. The second-order valence-electron chi connectivity index (χ2n) is 3.57. The highest BCUT2D eigenvalue weighted by molar-refractivity contribution is 5.74. The zero-order valence-electron chi connectivity index (χ0n) is 8.86. The number of carbonyl (C=O) groups excluding carboxylic acids is 1. The van der Waals surface area contributed by atoms with E-state index < -0.39 is 19.0 Å². The molecule has 1 atom stereocenters. The Morgan fingerprint density at radius 2 is 2.38 bits per heavy atom. The van der Waals surface area contributed by atoms with E-state index >= 15 is 0 Å². The van der Waals surface area contributed by atoms with Gasteiger partial charge in [-0.25, -0.2) is 13.6 Å². The van der Waals surface area contributed by atoms with Crippen molar-refractivity contribution in [3.63, 3.8) is 0 Å². The molecule has 0 spiro atoms. The van der Waals surface area contributed by atoms with Crippen molar-refractivity contribution in [2.45, 2.75) is 18.9 Å². The SMILES string of the molecule is O=C(NC1CCOC1)N(CCO)CC(F)F. The molecule has 1 saturated heterocycles. The lowest BCUT2D eigenvalue weighted by atomic mass is 10.3. The molecule has 5 nitrogen and oxygen atoms in total. The molecular formula is C9H16F2N2O3. The van der Waals surface area contributed by atoms with Crippen molar-refractivity contribution in [3.05, 3.63) is 0 Å². The number of alkyl halides is 2. The van der Waals surface area contributed by atoms with Crippen molar-refractivity contribution in [1.82, 2.24) is 10.2 Å². The number of urea groups is 1. The maximum Gasteiger partial charge on any atom is 0.317 e. The molecule has 0 aliphatic carbocycles. The first-order valence-electron chi connectivity index (χ1n) is 5.15. The molecule has 2 N–H and O–H groups in total. The van der Waals surface area contributed by atoms with E-state index in [-0.39, 0.29) is 19.2 Å². The Bertz CT molecular complexity index is 223. The summed E-state index contributed by atoms with van der Waals surface area (Å²) in [5.74, 6) is 0. The van der Waals surface area contributed by atoms with Crippen LogP contribution >= 0.6 is 0 Å². The first-order chi connectivity index (χ1) is 7.63. The number of rotatable bonds is 5. The molecule has 0 radical (unpaired) electrons. The van der Waals surface area contributed by atoms with Crippen LogP contribution in [-0.4, -0.2) is 61.4 Å². The number of hydrogen-bond donors (Lipinski definition) is 2. The van der Waals surface area contributed by atoms with Crippen molar-refractivity contribution in [2.75, 3.05) is 32.9 Å². The predicted molar refractivity (Wildman–Crippen MR) is 52.4 cm³/mol. The highest BCUT2D eigenvalue weighted by Crippen LogP contribution is 2.05. The number of amides is 2. The number of aliphatic hydroxyl groups excluding tert-OH is 1. The van der Waals surface area contributed by atoms with Crippen LogP contribution in [0, 0.1) is 0 Å². The quantitative estimate of drug-likeness (QED) is 0.711. The number of carbonyl (C=O) groups is 1. The lowest BCUT2D eigenvalue weighted by Crippen LogP contribution is -2.47. The summed E-state index contributed by atoms with van der Waals surface area (Å²) in [6.45, 7) is -0.113. The van der Waals surface area contributed by atoms with Crippen molar-refractivity contribution in [3.8, 4) is 0 Å². The van der Waals surface area contributed by atoms with E-state index in [2.05, 4.69) is 5.32 Å². The van der Waals surface area contributed by atoms with Gasteiger partial charge in [-0.05, 0) is 6.42 Å². The fourth-order valence-electron chi connectivity index (χ4n) is 1.48. The second kappa shape index (κ2) is 6.59. The Morgan fingerprint density at radius 3 is 2.88 bits per heavy atom. The van der Waals surface area contributed by atoms with Crippen LogP contribution in [0.5, 0.6) is 0 Å². The van der Waals surface area contributed by atoms with Crippen LogP contribution in [-0.2, 0) is 4.74 Å². The summed E-state index contributed by atoms with van der Waals surface area (Å²) in [6.07, 6.45) is -1.91. The third-order valence-electron chi connectivity index (χ3n) is 2.27. The van der Waals surface area contributed by atoms with Crippen molar-refractivity contribution >= 4 is 6.03 Å². The molecule has 2 amide bonds. The number of ether oxygens (including phenoxy) is 1. The highest BCUT2D eigenvalue weighted by atomic mass is 19.3. The van der Waals surface area contributed by atoms with Gasteiger partial charge in [-0.2, -0.15) is 0 Å². The van der Waals surface area contributed by atoms with E-state index in [4.69, 9.17) is 9.84 Å². The molecule has 0 aromatic heterocycles. The van der Waals surface area contributed by atoms with Crippen LogP contribution in [0.25, 0.3) is 0 Å². The molecular weight excluding hydrogens is 222 g/mol. The van der Waals surface area contributed by atoms with Crippen molar-refractivity contribution < 1.29 is 23.4 Å². The van der Waals surface area contributed by atoms with Crippen molar-refractivity contribution in [1.29, 1.82) is 0 Å². The number of halogens is 2. The van der Waals surface area contributed by atoms with Crippen molar-refractivity contribution in [2.24, 2.45) is 0 Å². The monoisotopic (exact) mass is 238 g/mol. The first kappa shape index (κ1) is 13.1. The van der Waals surface area contributed by atoms with Gasteiger partial charge in [0.1, 0.15) is 0 Å². The van der Waals surface area contributed by atoms with Crippen LogP contribution in [0.3, 0.4) is 0 Å². The average molecular weight is 238 g/mol. The minimum atomic E-state index is -2.60. The van der Waals surface area contributed by atoms with Gasteiger partial charge in [-0.1, -0.05) is 0 Å². The third kappa shape index (κ3) is 4.28. The van der Waals surface area contributed by atoms with E-state index in [0.717, 1.165) is 4.90 Å². The molecule has 1 aliphatic rings. The van der Waals surface area contributed by atoms with E-state index in [0.29, 0.717) is 19.6 Å². The molecule has 0 aromatic rings. The van der Waals surface area contributed by atoms with E-state index in [1.807, 2.05) is 0 Å². The summed E-state index contributed by atoms with van der Waals surface area (Å²) >= 11 is 0. The van der Waals surface area contributed by atoms with Gasteiger partial charge in [-0.15, -0.1) is 0 Å². The van der Waals surface area contributed by atoms with Crippen LogP contribution in [0.1, 0.15) is 6.42 Å². The summed E-state index contributed by atoms with van der Waals surface area (Å²) < 4.78 is 29.4. The van der Waals surface area contributed by atoms with Gasteiger partial charge in [0, 0.05) is 13.2 Å². The molecule has 1 heterocycles. The lowest BCUT2D eigenvalue weighted by Gasteiger charge is -2.23. The van der Waals surface area contributed by atoms with Gasteiger partial charge >= 0.3 is 6.03 Å². The zero-order valence-corrected chi connectivity index (χ0v) is 8.86. The Morgan fingerprint density at radius 1 is 1.62 bits per heavy atom. The molecule has 1 unspecified atom stereocenters. The smallest absolute Gasteiger partial charge is 0.317 e. The minimum absolute atomic E-state index is 0.0935. The second-order valence-corrected chi connectivity index (χ2v) is 3.57. The van der Waals surface area contributed by atoms with Crippen LogP contribution in [0.15, 0.2) is 0 Å². The minimum Gasteiger partial charge on any atom is -0.395 e. The lowest BCUT2D eigenvalue weighted by molar-refractivity contribution is 0.0889. The highest BCUT2D eigenvalue weighted by Gasteiger charge is 2.22. The number of nitrogens with one attached hydrogen (secondary N) is 1. The van der Waals surface area contributed by atoms with Gasteiger partial charge in [0.2, 0.25) is 0 Å².